The minimum atomic E-state index is -6.00. The fourth-order valence-corrected chi connectivity index (χ4v) is 1.78. The molecule has 0 radical (unpaired) electrons. The van der Waals surface area contributed by atoms with Gasteiger partial charge in [0.25, 0.3) is 0 Å². The lowest BCUT2D eigenvalue weighted by Crippen LogP contribution is -2.23. The predicted octanol–water partition coefficient (Wildman–Crippen LogP) is 4.05. The van der Waals surface area contributed by atoms with Gasteiger partial charge in [0.2, 0.25) is 12.7 Å². The maximum Gasteiger partial charge on any atom is 0.673 e. The van der Waals surface area contributed by atoms with E-state index in [2.05, 4.69) is 69.6 Å². The van der Waals surface area contributed by atoms with Gasteiger partial charge in [-0.05, 0) is 12.8 Å². The molecule has 28 heavy (non-hydrogen) atoms. The van der Waals surface area contributed by atoms with Crippen LogP contribution < -0.4 is 9.13 Å². The first-order valence-electron chi connectivity index (χ1n) is 8.42. The molecule has 2 aromatic heterocycles. The summed E-state index contributed by atoms with van der Waals surface area (Å²) in [6, 6.07) is 0. The van der Waals surface area contributed by atoms with Crippen LogP contribution in [-0.4, -0.2) is 23.6 Å². The lowest BCUT2D eigenvalue weighted by molar-refractivity contribution is -0.671. The molecule has 0 spiro atoms. The number of nitrogens with zero attached hydrogens (tertiary/aromatic N) is 4. The Hall–Kier alpha value is -2.01. The van der Waals surface area contributed by atoms with E-state index in [1.807, 2.05) is 14.1 Å². The van der Waals surface area contributed by atoms with Crippen molar-refractivity contribution in [2.45, 2.75) is 39.8 Å². The number of halogens is 8. The molecule has 0 fully saturated rings. The number of hydrogen-bond acceptors (Lipinski definition) is 0. The molecule has 0 saturated heterocycles. The van der Waals surface area contributed by atoms with Crippen LogP contribution in [0.3, 0.4) is 0 Å². The topological polar surface area (TPSA) is 17.6 Å². The van der Waals surface area contributed by atoms with Crippen molar-refractivity contribution in [1.82, 2.24) is 9.13 Å². The van der Waals surface area contributed by atoms with Crippen molar-refractivity contribution in [2.75, 3.05) is 0 Å². The first kappa shape index (κ1) is 28.2. The molecular weight excluding hydrogens is 398 g/mol. The van der Waals surface area contributed by atoms with Gasteiger partial charge in [0.05, 0.1) is 27.2 Å². The second-order valence-corrected chi connectivity index (χ2v) is 5.62. The molecule has 0 aliphatic heterocycles. The number of rotatable bonds is 4. The SMILES string of the molecule is CCCn1cc[n+](C)c1.CCCn1cc[n+](C)c1.F[B-](F)(F)F.F[B-](F)(F)F. The van der Waals surface area contributed by atoms with Gasteiger partial charge in [-0.2, -0.15) is 0 Å². The maximum absolute atomic E-state index is 9.75. The summed E-state index contributed by atoms with van der Waals surface area (Å²) in [6.07, 6.45) is 14.9. The van der Waals surface area contributed by atoms with E-state index in [0.29, 0.717) is 0 Å². The second-order valence-electron chi connectivity index (χ2n) is 5.62. The molecule has 0 N–H and O–H groups in total. The predicted molar refractivity (Wildman–Crippen MR) is 92.2 cm³/mol. The summed E-state index contributed by atoms with van der Waals surface area (Å²) in [5, 5.41) is 0. The summed E-state index contributed by atoms with van der Waals surface area (Å²) in [5.74, 6) is 0. The highest BCUT2D eigenvalue weighted by atomic mass is 19.5. The largest absolute Gasteiger partial charge is 0.673 e. The Morgan fingerprint density at radius 2 is 0.893 bits per heavy atom. The van der Waals surface area contributed by atoms with Gasteiger partial charge in [-0.25, -0.2) is 18.3 Å². The summed E-state index contributed by atoms with van der Waals surface area (Å²) in [7, 11) is -7.93. The van der Waals surface area contributed by atoms with E-state index in [-0.39, 0.29) is 0 Å². The van der Waals surface area contributed by atoms with Crippen molar-refractivity contribution in [3.63, 3.8) is 0 Å². The van der Waals surface area contributed by atoms with Crippen LogP contribution in [0.25, 0.3) is 0 Å². The summed E-state index contributed by atoms with van der Waals surface area (Å²) < 4.78 is 86.5. The van der Waals surface area contributed by atoms with Crippen LogP contribution >= 0.6 is 0 Å². The summed E-state index contributed by atoms with van der Waals surface area (Å²) in [6.45, 7) is 6.61. The van der Waals surface area contributed by atoms with Crippen molar-refractivity contribution in [2.24, 2.45) is 14.1 Å². The van der Waals surface area contributed by atoms with E-state index >= 15 is 0 Å². The van der Waals surface area contributed by atoms with Crippen LogP contribution in [0.1, 0.15) is 26.7 Å². The molecule has 164 valence electrons. The average molecular weight is 424 g/mol. The summed E-state index contributed by atoms with van der Waals surface area (Å²) in [5.41, 5.74) is 0. The summed E-state index contributed by atoms with van der Waals surface area (Å²) in [4.78, 5) is 0. The maximum atomic E-state index is 9.75. The van der Waals surface area contributed by atoms with Crippen LogP contribution in [0.4, 0.5) is 34.5 Å². The zero-order valence-corrected chi connectivity index (χ0v) is 16.3. The van der Waals surface area contributed by atoms with E-state index < -0.39 is 14.5 Å². The second kappa shape index (κ2) is 14.1. The van der Waals surface area contributed by atoms with E-state index in [4.69, 9.17) is 0 Å². The lowest BCUT2D eigenvalue weighted by atomic mass is 10.3. The van der Waals surface area contributed by atoms with Gasteiger partial charge in [0.1, 0.15) is 24.8 Å². The Kier molecular flexibility index (Phi) is 14.2. The Morgan fingerprint density at radius 1 is 0.643 bits per heavy atom. The molecular formula is C14H26B2F8N4. The van der Waals surface area contributed by atoms with Crippen LogP contribution in [0, 0.1) is 0 Å². The van der Waals surface area contributed by atoms with Crippen LogP contribution in [0.5, 0.6) is 0 Å². The zero-order valence-electron chi connectivity index (χ0n) is 16.3. The third kappa shape index (κ3) is 26.2. The standard InChI is InChI=1S/2C7H13N2.2BF4/c2*1-3-4-9-6-5-8(2)7-9;2*2-1(3,4)5/h2*5-7H,3-4H2,1-2H3;;/q2*+1;2*-1. The van der Waals surface area contributed by atoms with E-state index in [1.54, 1.807) is 0 Å². The normalized spacial score (nSPS) is 10.7. The Balaban J connectivity index is 0. The highest BCUT2D eigenvalue weighted by Gasteiger charge is 2.21. The highest BCUT2D eigenvalue weighted by molar-refractivity contribution is 6.50. The highest BCUT2D eigenvalue weighted by Crippen LogP contribution is 2.07. The van der Waals surface area contributed by atoms with Crippen molar-refractivity contribution < 1.29 is 43.7 Å². The number of aromatic nitrogens is 4. The van der Waals surface area contributed by atoms with Gasteiger partial charge in [0, 0.05) is 0 Å². The molecule has 2 rings (SSSR count). The van der Waals surface area contributed by atoms with Gasteiger partial charge >= 0.3 is 14.5 Å². The smallest absolute Gasteiger partial charge is 0.418 e. The molecule has 0 atom stereocenters. The third-order valence-electron chi connectivity index (χ3n) is 2.61. The lowest BCUT2D eigenvalue weighted by Gasteiger charge is -1.94. The van der Waals surface area contributed by atoms with Crippen LogP contribution in [0.2, 0.25) is 0 Å². The van der Waals surface area contributed by atoms with E-state index in [0.717, 1.165) is 13.1 Å². The molecule has 0 aromatic carbocycles. The third-order valence-corrected chi connectivity index (χ3v) is 2.61. The Bertz CT molecular complexity index is 559. The number of hydrogen-bond donors (Lipinski definition) is 0. The Morgan fingerprint density at radius 3 is 1.04 bits per heavy atom. The first-order valence-corrected chi connectivity index (χ1v) is 8.42. The first-order chi connectivity index (χ1) is 12.7. The minimum Gasteiger partial charge on any atom is -0.418 e. The van der Waals surface area contributed by atoms with Gasteiger partial charge in [-0.3, -0.25) is 0 Å². The Labute approximate surface area is 159 Å². The van der Waals surface area contributed by atoms with Crippen molar-refractivity contribution in [1.29, 1.82) is 0 Å². The van der Waals surface area contributed by atoms with Gasteiger partial charge in [-0.15, -0.1) is 0 Å². The minimum absolute atomic E-state index is 1.13. The number of aryl methyl sites for hydroxylation is 4. The quantitative estimate of drug-likeness (QED) is 0.401. The molecule has 2 aromatic rings. The molecule has 0 saturated carbocycles. The number of imidazole rings is 2. The van der Waals surface area contributed by atoms with Crippen molar-refractivity contribution >= 4 is 14.5 Å². The monoisotopic (exact) mass is 424 g/mol. The zero-order chi connectivity index (χ0) is 22.4. The van der Waals surface area contributed by atoms with Crippen molar-refractivity contribution in [3.05, 3.63) is 37.4 Å². The van der Waals surface area contributed by atoms with Crippen LogP contribution in [0.15, 0.2) is 37.4 Å². The van der Waals surface area contributed by atoms with Crippen molar-refractivity contribution in [3.8, 4) is 0 Å². The van der Waals surface area contributed by atoms with Crippen LogP contribution in [-0.2, 0) is 27.2 Å². The van der Waals surface area contributed by atoms with Gasteiger partial charge in [0.15, 0.2) is 0 Å². The molecule has 0 aliphatic rings. The molecule has 0 aliphatic carbocycles. The van der Waals surface area contributed by atoms with E-state index in [9.17, 15) is 34.5 Å². The van der Waals surface area contributed by atoms with E-state index in [1.165, 1.54) is 12.8 Å². The molecule has 0 amide bonds. The molecule has 14 heteroatoms. The van der Waals surface area contributed by atoms with Gasteiger partial charge < -0.3 is 34.5 Å². The molecule has 0 bridgehead atoms. The molecule has 2 heterocycles. The molecule has 0 unspecified atom stereocenters. The van der Waals surface area contributed by atoms with Gasteiger partial charge in [-0.1, -0.05) is 13.8 Å². The average Bonchev–Trinajstić information content (AvgIpc) is 3.06. The molecule has 4 nitrogen and oxygen atoms in total. The summed E-state index contributed by atoms with van der Waals surface area (Å²) >= 11 is 0. The fraction of sp³-hybridized carbons (Fsp3) is 0.571. The fourth-order valence-electron chi connectivity index (χ4n) is 1.78.